The molecule has 1 atom stereocenters. The predicted molar refractivity (Wildman–Crippen MR) is 120 cm³/mol. The Morgan fingerprint density at radius 1 is 1.09 bits per heavy atom. The summed E-state index contributed by atoms with van der Waals surface area (Å²) in [6.45, 7) is 2.54. The maximum atomic E-state index is 14.7. The van der Waals surface area contributed by atoms with Crippen LogP contribution in [0.1, 0.15) is 10.4 Å². The van der Waals surface area contributed by atoms with E-state index in [9.17, 15) is 18.8 Å². The molecule has 2 fully saturated rings. The Labute approximate surface area is 190 Å². The number of rotatable bonds is 7. The molecule has 2 saturated heterocycles. The van der Waals surface area contributed by atoms with Gasteiger partial charge in [0.25, 0.3) is 0 Å². The zero-order valence-electron chi connectivity index (χ0n) is 17.9. The first-order valence-corrected chi connectivity index (χ1v) is 10.7. The number of carbonyl (C=O) groups excluding carboxylic acids is 3. The SMILES string of the molecule is O=C(/C=C/C(=O)c1ccccc1)NC[C@H]1CN(c2ccc(N3CCOCC3)c(F)c2)C(=O)O1. The summed E-state index contributed by atoms with van der Waals surface area (Å²) >= 11 is 0. The molecule has 9 heteroatoms. The van der Waals surface area contributed by atoms with Crippen LogP contribution in [0.3, 0.4) is 0 Å². The Kier molecular flexibility index (Phi) is 6.99. The molecule has 4 rings (SSSR count). The van der Waals surface area contributed by atoms with Crippen LogP contribution in [0.4, 0.5) is 20.6 Å². The number of carbonyl (C=O) groups is 3. The molecule has 2 aliphatic heterocycles. The van der Waals surface area contributed by atoms with Crippen molar-refractivity contribution in [3.05, 3.63) is 72.1 Å². The normalized spacial score (nSPS) is 18.5. The Hall–Kier alpha value is -3.72. The van der Waals surface area contributed by atoms with Crippen molar-refractivity contribution in [3.8, 4) is 0 Å². The van der Waals surface area contributed by atoms with Gasteiger partial charge >= 0.3 is 6.09 Å². The highest BCUT2D eigenvalue weighted by Crippen LogP contribution is 2.28. The molecule has 0 bridgehead atoms. The van der Waals surface area contributed by atoms with Crippen LogP contribution in [0, 0.1) is 5.82 Å². The van der Waals surface area contributed by atoms with E-state index in [1.807, 2.05) is 4.90 Å². The van der Waals surface area contributed by atoms with Gasteiger partial charge in [0.1, 0.15) is 11.9 Å². The molecule has 0 spiro atoms. The lowest BCUT2D eigenvalue weighted by molar-refractivity contribution is -0.116. The van der Waals surface area contributed by atoms with E-state index in [1.165, 1.54) is 17.0 Å². The lowest BCUT2D eigenvalue weighted by Gasteiger charge is -2.29. The van der Waals surface area contributed by atoms with Gasteiger partial charge in [-0.3, -0.25) is 14.5 Å². The molecule has 172 valence electrons. The lowest BCUT2D eigenvalue weighted by atomic mass is 10.1. The van der Waals surface area contributed by atoms with E-state index >= 15 is 0 Å². The molecule has 2 heterocycles. The number of halogens is 1. The first-order valence-electron chi connectivity index (χ1n) is 10.7. The monoisotopic (exact) mass is 453 g/mol. The van der Waals surface area contributed by atoms with E-state index in [-0.39, 0.29) is 18.9 Å². The number of cyclic esters (lactones) is 1. The van der Waals surface area contributed by atoms with Gasteiger partial charge in [0.05, 0.1) is 37.7 Å². The molecular formula is C24H24FN3O5. The molecule has 2 aromatic carbocycles. The predicted octanol–water partition coefficient (Wildman–Crippen LogP) is 2.54. The van der Waals surface area contributed by atoms with E-state index in [0.29, 0.717) is 43.2 Å². The van der Waals surface area contributed by atoms with Gasteiger partial charge in [-0.1, -0.05) is 30.3 Å². The van der Waals surface area contributed by atoms with Crippen molar-refractivity contribution in [1.82, 2.24) is 5.32 Å². The highest BCUT2D eigenvalue weighted by molar-refractivity contribution is 6.07. The third-order valence-corrected chi connectivity index (χ3v) is 5.42. The average molecular weight is 453 g/mol. The zero-order chi connectivity index (χ0) is 23.2. The van der Waals surface area contributed by atoms with Crippen molar-refractivity contribution in [2.75, 3.05) is 49.2 Å². The molecule has 8 nitrogen and oxygen atoms in total. The number of benzene rings is 2. The molecule has 2 aromatic rings. The fourth-order valence-electron chi connectivity index (χ4n) is 3.69. The first-order chi connectivity index (χ1) is 16.0. The molecule has 0 aliphatic carbocycles. The summed E-state index contributed by atoms with van der Waals surface area (Å²) in [5.74, 6) is -1.19. The molecule has 0 unspecified atom stereocenters. The van der Waals surface area contributed by atoms with E-state index in [0.717, 1.165) is 6.08 Å². The molecular weight excluding hydrogens is 429 g/mol. The summed E-state index contributed by atoms with van der Waals surface area (Å²) in [4.78, 5) is 39.6. The number of anilines is 2. The molecule has 2 aliphatic rings. The summed E-state index contributed by atoms with van der Waals surface area (Å²) in [5, 5.41) is 2.61. The Balaban J connectivity index is 1.30. The number of nitrogens with one attached hydrogen (secondary N) is 1. The number of hydrogen-bond acceptors (Lipinski definition) is 6. The van der Waals surface area contributed by atoms with Crippen molar-refractivity contribution >= 4 is 29.2 Å². The van der Waals surface area contributed by atoms with Crippen molar-refractivity contribution in [2.45, 2.75) is 6.10 Å². The molecule has 33 heavy (non-hydrogen) atoms. The van der Waals surface area contributed by atoms with E-state index in [4.69, 9.17) is 9.47 Å². The third-order valence-electron chi connectivity index (χ3n) is 5.42. The van der Waals surface area contributed by atoms with Gasteiger partial charge in [-0.05, 0) is 24.3 Å². The topological polar surface area (TPSA) is 88.2 Å². The van der Waals surface area contributed by atoms with Crippen molar-refractivity contribution in [3.63, 3.8) is 0 Å². The Bertz CT molecular complexity index is 1050. The van der Waals surface area contributed by atoms with Crippen LogP contribution < -0.4 is 15.1 Å². The summed E-state index contributed by atoms with van der Waals surface area (Å²) in [6, 6.07) is 13.2. The largest absolute Gasteiger partial charge is 0.442 e. The van der Waals surface area contributed by atoms with Crippen LogP contribution >= 0.6 is 0 Å². The maximum absolute atomic E-state index is 14.7. The molecule has 0 aromatic heterocycles. The van der Waals surface area contributed by atoms with Crippen LogP contribution in [0.5, 0.6) is 0 Å². The van der Waals surface area contributed by atoms with Gasteiger partial charge in [0.2, 0.25) is 5.91 Å². The minimum absolute atomic E-state index is 0.0687. The number of morpholine rings is 1. The fourth-order valence-corrected chi connectivity index (χ4v) is 3.69. The number of hydrogen-bond donors (Lipinski definition) is 1. The quantitative estimate of drug-likeness (QED) is 0.512. The van der Waals surface area contributed by atoms with Crippen LogP contribution in [0.2, 0.25) is 0 Å². The summed E-state index contributed by atoms with van der Waals surface area (Å²) in [6.07, 6.45) is 1.13. The average Bonchev–Trinajstić information content (AvgIpc) is 3.22. The van der Waals surface area contributed by atoms with Crippen LogP contribution in [0.15, 0.2) is 60.7 Å². The van der Waals surface area contributed by atoms with Gasteiger partial charge in [-0.25, -0.2) is 9.18 Å². The van der Waals surface area contributed by atoms with Crippen LogP contribution in [0.25, 0.3) is 0 Å². The Morgan fingerprint density at radius 3 is 2.58 bits per heavy atom. The summed E-state index contributed by atoms with van der Waals surface area (Å²) in [7, 11) is 0. The second kappa shape index (κ2) is 10.3. The standard InChI is InChI=1S/C24H24FN3O5/c25-20-14-18(6-7-21(20)27-10-12-32-13-11-27)28-16-19(33-24(28)31)15-26-23(30)9-8-22(29)17-4-2-1-3-5-17/h1-9,14,19H,10-13,15-16H2,(H,26,30)/b9-8+/t19-/m0/s1. The van der Waals surface area contributed by atoms with Crippen LogP contribution in [-0.4, -0.2) is 63.3 Å². The van der Waals surface area contributed by atoms with Gasteiger partial charge in [0, 0.05) is 24.7 Å². The second-order valence-electron chi connectivity index (χ2n) is 7.66. The second-order valence-corrected chi connectivity index (χ2v) is 7.66. The highest BCUT2D eigenvalue weighted by Gasteiger charge is 2.33. The number of ketones is 1. The van der Waals surface area contributed by atoms with Crippen molar-refractivity contribution < 1.29 is 28.2 Å². The molecule has 1 N–H and O–H groups in total. The summed E-state index contributed by atoms with van der Waals surface area (Å²) < 4.78 is 25.3. The van der Waals surface area contributed by atoms with Gasteiger partial charge in [0.15, 0.2) is 5.78 Å². The minimum atomic E-state index is -0.609. The minimum Gasteiger partial charge on any atom is -0.442 e. The van der Waals surface area contributed by atoms with Gasteiger partial charge in [-0.2, -0.15) is 0 Å². The van der Waals surface area contributed by atoms with Gasteiger partial charge < -0.3 is 19.7 Å². The van der Waals surface area contributed by atoms with E-state index in [1.54, 1.807) is 42.5 Å². The van der Waals surface area contributed by atoms with Gasteiger partial charge in [-0.15, -0.1) is 0 Å². The van der Waals surface area contributed by atoms with E-state index in [2.05, 4.69) is 5.32 Å². The molecule has 2 amide bonds. The van der Waals surface area contributed by atoms with Crippen LogP contribution in [-0.2, 0) is 14.3 Å². The number of nitrogens with zero attached hydrogens (tertiary/aromatic N) is 2. The highest BCUT2D eigenvalue weighted by atomic mass is 19.1. The fraction of sp³-hybridized carbons (Fsp3) is 0.292. The Morgan fingerprint density at radius 2 is 1.85 bits per heavy atom. The lowest BCUT2D eigenvalue weighted by Crippen LogP contribution is -2.36. The molecule has 0 saturated carbocycles. The maximum Gasteiger partial charge on any atom is 0.414 e. The number of amides is 2. The summed E-state index contributed by atoms with van der Waals surface area (Å²) in [5.41, 5.74) is 1.33. The third kappa shape index (κ3) is 5.56. The number of allylic oxidation sites excluding steroid dienone is 1. The zero-order valence-corrected chi connectivity index (χ0v) is 17.9. The van der Waals surface area contributed by atoms with Crippen molar-refractivity contribution in [1.29, 1.82) is 0 Å². The number of ether oxygens (including phenoxy) is 2. The first kappa shape index (κ1) is 22.5. The van der Waals surface area contributed by atoms with Crippen molar-refractivity contribution in [2.24, 2.45) is 0 Å². The van der Waals surface area contributed by atoms with E-state index < -0.39 is 23.9 Å². The molecule has 0 radical (unpaired) electrons. The smallest absolute Gasteiger partial charge is 0.414 e.